The number of nitrogens with zero attached hydrogens (tertiary/aromatic N) is 4. The molecule has 0 aliphatic carbocycles. The number of rotatable bonds is 6. The van der Waals surface area contributed by atoms with Crippen LogP contribution in [0.25, 0.3) is 0 Å². The van der Waals surface area contributed by atoms with Gasteiger partial charge in [0.2, 0.25) is 5.91 Å². The van der Waals surface area contributed by atoms with E-state index >= 15 is 0 Å². The maximum atomic E-state index is 12.8. The van der Waals surface area contributed by atoms with Crippen molar-refractivity contribution in [3.05, 3.63) is 41.9 Å². The molecule has 32 heavy (non-hydrogen) atoms. The smallest absolute Gasteiger partial charge is 0.262 e. The van der Waals surface area contributed by atoms with E-state index in [1.165, 1.54) is 21.5 Å². The van der Waals surface area contributed by atoms with Crippen LogP contribution in [0.1, 0.15) is 24.2 Å². The van der Waals surface area contributed by atoms with Crippen LogP contribution in [0.5, 0.6) is 0 Å². The van der Waals surface area contributed by atoms with Crippen LogP contribution in [-0.4, -0.2) is 65.9 Å². The molecule has 2 fully saturated rings. The fourth-order valence-corrected chi connectivity index (χ4v) is 6.52. The van der Waals surface area contributed by atoms with Gasteiger partial charge >= 0.3 is 0 Å². The number of aromatic nitrogens is 2. The fourth-order valence-electron chi connectivity index (χ4n) is 4.12. The molecule has 3 heterocycles. The second-order valence-electron chi connectivity index (χ2n) is 8.40. The minimum atomic E-state index is -3.62. The van der Waals surface area contributed by atoms with Gasteiger partial charge in [-0.3, -0.25) is 4.79 Å². The van der Waals surface area contributed by atoms with Gasteiger partial charge in [0.05, 0.1) is 0 Å². The van der Waals surface area contributed by atoms with Crippen LogP contribution in [0.2, 0.25) is 0 Å². The summed E-state index contributed by atoms with van der Waals surface area (Å²) in [5.41, 5.74) is 2.30. The number of aryl methyl sites for hydroxylation is 2. The molecule has 2 saturated heterocycles. The van der Waals surface area contributed by atoms with Crippen LogP contribution in [0.15, 0.2) is 35.5 Å². The molecule has 174 valence electrons. The molecule has 0 bridgehead atoms. The van der Waals surface area contributed by atoms with Crippen LogP contribution in [-0.2, 0) is 28.4 Å². The molecule has 2 aliphatic heterocycles. The third kappa shape index (κ3) is 5.13. The van der Waals surface area contributed by atoms with Gasteiger partial charge in [-0.2, -0.15) is 16.1 Å². The summed E-state index contributed by atoms with van der Waals surface area (Å²) in [5, 5.41) is 3.10. The SMILES string of the molecule is Cc1nc(S(=O)(=O)N2CCC(C(=O)NCc3ccc(N4CCSCC4)cc3)CC2)cn1C. The number of hydrogen-bond acceptors (Lipinski definition) is 6. The van der Waals surface area contributed by atoms with Gasteiger partial charge in [-0.05, 0) is 37.5 Å². The first-order valence-electron chi connectivity index (χ1n) is 11.0. The molecule has 2 aliphatic rings. The lowest BCUT2D eigenvalue weighted by molar-refractivity contribution is -0.126. The van der Waals surface area contributed by atoms with E-state index in [0.717, 1.165) is 18.7 Å². The number of carbonyl (C=O) groups excluding carboxylic acids is 1. The first-order valence-corrected chi connectivity index (χ1v) is 13.6. The number of sulfonamides is 1. The van der Waals surface area contributed by atoms with Gasteiger partial charge < -0.3 is 14.8 Å². The number of imidazole rings is 1. The number of piperidine rings is 1. The van der Waals surface area contributed by atoms with Gasteiger partial charge in [-0.25, -0.2) is 13.4 Å². The van der Waals surface area contributed by atoms with E-state index in [1.54, 1.807) is 24.7 Å². The van der Waals surface area contributed by atoms with Gasteiger partial charge in [0.1, 0.15) is 5.82 Å². The van der Waals surface area contributed by atoms with E-state index < -0.39 is 10.0 Å². The third-order valence-corrected chi connectivity index (χ3v) is 9.01. The highest BCUT2D eigenvalue weighted by Gasteiger charge is 2.33. The molecular formula is C22H31N5O3S2. The Bertz CT molecular complexity index is 1020. The highest BCUT2D eigenvalue weighted by Crippen LogP contribution is 2.24. The van der Waals surface area contributed by atoms with Gasteiger partial charge in [-0.1, -0.05) is 12.1 Å². The summed E-state index contributed by atoms with van der Waals surface area (Å²) < 4.78 is 28.8. The molecule has 0 atom stereocenters. The van der Waals surface area contributed by atoms with E-state index in [1.807, 2.05) is 11.8 Å². The Balaban J connectivity index is 1.26. The van der Waals surface area contributed by atoms with Gasteiger partial charge in [0.25, 0.3) is 10.0 Å². The molecule has 0 spiro atoms. The predicted octanol–water partition coefficient (Wildman–Crippen LogP) is 2.00. The Morgan fingerprint density at radius 2 is 1.78 bits per heavy atom. The third-order valence-electron chi connectivity index (χ3n) is 6.29. The van der Waals surface area contributed by atoms with Crippen molar-refractivity contribution in [1.82, 2.24) is 19.2 Å². The minimum absolute atomic E-state index is 0.00661. The van der Waals surface area contributed by atoms with Crippen molar-refractivity contribution in [2.75, 3.05) is 42.6 Å². The summed E-state index contributed by atoms with van der Waals surface area (Å²) in [4.78, 5) is 19.2. The van der Waals surface area contributed by atoms with Crippen molar-refractivity contribution < 1.29 is 13.2 Å². The van der Waals surface area contributed by atoms with Crippen molar-refractivity contribution in [2.24, 2.45) is 13.0 Å². The molecule has 8 nitrogen and oxygen atoms in total. The van der Waals surface area contributed by atoms with Crippen LogP contribution in [0, 0.1) is 12.8 Å². The maximum Gasteiger partial charge on any atom is 0.262 e. The molecular weight excluding hydrogens is 446 g/mol. The van der Waals surface area contributed by atoms with Crippen LogP contribution in [0.4, 0.5) is 5.69 Å². The average Bonchev–Trinajstić information content (AvgIpc) is 3.17. The lowest BCUT2D eigenvalue weighted by Crippen LogP contribution is -2.43. The first kappa shape index (κ1) is 23.1. The zero-order chi connectivity index (χ0) is 22.7. The second-order valence-corrected chi connectivity index (χ2v) is 11.5. The Morgan fingerprint density at radius 3 is 2.38 bits per heavy atom. The molecule has 0 saturated carbocycles. The van der Waals surface area contributed by atoms with E-state index in [4.69, 9.17) is 0 Å². The molecule has 2 aromatic rings. The molecule has 1 amide bonds. The van der Waals surface area contributed by atoms with Crippen molar-refractivity contribution in [3.63, 3.8) is 0 Å². The van der Waals surface area contributed by atoms with E-state index in [-0.39, 0.29) is 16.9 Å². The lowest BCUT2D eigenvalue weighted by Gasteiger charge is -2.30. The van der Waals surface area contributed by atoms with Gasteiger partial charge in [0, 0.05) is 69.1 Å². The molecule has 0 radical (unpaired) electrons. The standard InChI is InChI=1S/C22H31N5O3S2/c1-17-24-21(16-25(17)2)32(29,30)27-9-7-19(8-10-27)22(28)23-15-18-3-5-20(6-4-18)26-11-13-31-14-12-26/h3-6,16,19H,7-15H2,1-2H3,(H,23,28). The van der Waals surface area contributed by atoms with E-state index in [9.17, 15) is 13.2 Å². The molecule has 4 rings (SSSR count). The normalized spacial score (nSPS) is 18.6. The monoisotopic (exact) mass is 477 g/mol. The Labute approximate surface area is 194 Å². The Morgan fingerprint density at radius 1 is 1.12 bits per heavy atom. The Kier molecular flexibility index (Phi) is 7.11. The quantitative estimate of drug-likeness (QED) is 0.685. The number of benzene rings is 1. The van der Waals surface area contributed by atoms with Crippen LogP contribution in [0.3, 0.4) is 0 Å². The number of amides is 1. The fraction of sp³-hybridized carbons (Fsp3) is 0.545. The first-order chi connectivity index (χ1) is 15.3. The highest BCUT2D eigenvalue weighted by atomic mass is 32.2. The maximum absolute atomic E-state index is 12.8. The van der Waals surface area contributed by atoms with Gasteiger partial charge in [-0.15, -0.1) is 0 Å². The predicted molar refractivity (Wildman–Crippen MR) is 127 cm³/mol. The molecule has 1 aromatic heterocycles. The summed E-state index contributed by atoms with van der Waals surface area (Å²) in [6.45, 7) is 5.08. The van der Waals surface area contributed by atoms with Crippen LogP contribution >= 0.6 is 11.8 Å². The summed E-state index contributed by atoms with van der Waals surface area (Å²) in [6.07, 6.45) is 2.57. The highest BCUT2D eigenvalue weighted by molar-refractivity contribution is 7.99. The number of carbonyl (C=O) groups is 1. The molecule has 1 N–H and O–H groups in total. The minimum Gasteiger partial charge on any atom is -0.370 e. The number of nitrogens with one attached hydrogen (secondary N) is 1. The van der Waals surface area contributed by atoms with Crippen molar-refractivity contribution in [1.29, 1.82) is 0 Å². The number of anilines is 1. The average molecular weight is 478 g/mol. The zero-order valence-electron chi connectivity index (χ0n) is 18.7. The topological polar surface area (TPSA) is 87.5 Å². The summed E-state index contributed by atoms with van der Waals surface area (Å²) in [5.74, 6) is 2.81. The van der Waals surface area contributed by atoms with E-state index in [2.05, 4.69) is 39.5 Å². The molecule has 10 heteroatoms. The zero-order valence-corrected chi connectivity index (χ0v) is 20.3. The van der Waals surface area contributed by atoms with Crippen molar-refractivity contribution >= 4 is 33.4 Å². The number of hydrogen-bond donors (Lipinski definition) is 1. The largest absolute Gasteiger partial charge is 0.370 e. The summed E-state index contributed by atoms with van der Waals surface area (Å²) in [6, 6.07) is 8.39. The molecule has 0 unspecified atom stereocenters. The lowest BCUT2D eigenvalue weighted by atomic mass is 9.97. The van der Waals surface area contributed by atoms with E-state index in [0.29, 0.717) is 38.3 Å². The Hall–Kier alpha value is -2.04. The molecule has 1 aromatic carbocycles. The second kappa shape index (κ2) is 9.84. The van der Waals surface area contributed by atoms with Crippen molar-refractivity contribution in [3.8, 4) is 0 Å². The van der Waals surface area contributed by atoms with Gasteiger partial charge in [0.15, 0.2) is 5.03 Å². The van der Waals surface area contributed by atoms with Crippen LogP contribution < -0.4 is 10.2 Å². The summed E-state index contributed by atoms with van der Waals surface area (Å²) in [7, 11) is -1.84. The van der Waals surface area contributed by atoms with Crippen molar-refractivity contribution in [2.45, 2.75) is 31.3 Å². The number of thioether (sulfide) groups is 1. The summed E-state index contributed by atoms with van der Waals surface area (Å²) >= 11 is 1.99.